The van der Waals surface area contributed by atoms with E-state index in [9.17, 15) is 9.90 Å². The summed E-state index contributed by atoms with van der Waals surface area (Å²) in [6.07, 6.45) is 5.79. The van der Waals surface area contributed by atoms with Gasteiger partial charge < -0.3 is 14.6 Å². The Morgan fingerprint density at radius 1 is 1.29 bits per heavy atom. The summed E-state index contributed by atoms with van der Waals surface area (Å²) in [5.41, 5.74) is 2.78. The fourth-order valence-electron chi connectivity index (χ4n) is 3.25. The van der Waals surface area contributed by atoms with Crippen molar-refractivity contribution in [2.24, 2.45) is 0 Å². The van der Waals surface area contributed by atoms with Crippen LogP contribution in [0, 0.1) is 0 Å². The van der Waals surface area contributed by atoms with E-state index in [2.05, 4.69) is 22.6 Å². The Bertz CT molecular complexity index is 654. The summed E-state index contributed by atoms with van der Waals surface area (Å²) in [5.74, 6) is -0.855. The molecule has 4 heteroatoms. The van der Waals surface area contributed by atoms with Gasteiger partial charge in [-0.25, -0.2) is 4.79 Å². The molecular weight excluding hydrogens is 264 g/mol. The molecule has 1 aromatic carbocycles. The molecule has 2 heterocycles. The van der Waals surface area contributed by atoms with Crippen LogP contribution in [0.4, 0.5) is 0 Å². The Kier molecular flexibility index (Phi) is 3.97. The van der Waals surface area contributed by atoms with Crippen LogP contribution in [0.1, 0.15) is 35.7 Å². The van der Waals surface area contributed by atoms with Gasteiger partial charge in [-0.05, 0) is 63.0 Å². The molecule has 3 rings (SSSR count). The monoisotopic (exact) mass is 286 g/mol. The highest BCUT2D eigenvalue weighted by Gasteiger charge is 2.14. The first-order valence-electron chi connectivity index (χ1n) is 7.76. The molecule has 1 aromatic heterocycles. The van der Waals surface area contributed by atoms with Gasteiger partial charge in [-0.3, -0.25) is 0 Å². The van der Waals surface area contributed by atoms with Gasteiger partial charge in [0, 0.05) is 30.2 Å². The molecule has 0 radical (unpaired) electrons. The molecular formula is C17H22N2O2. The molecule has 1 saturated heterocycles. The minimum Gasteiger partial charge on any atom is -0.478 e. The number of rotatable bonds is 5. The van der Waals surface area contributed by atoms with Crippen LogP contribution in [0.3, 0.4) is 0 Å². The van der Waals surface area contributed by atoms with Crippen LogP contribution < -0.4 is 0 Å². The number of aromatic carboxylic acids is 1. The van der Waals surface area contributed by atoms with Gasteiger partial charge in [0.15, 0.2) is 0 Å². The van der Waals surface area contributed by atoms with Crippen molar-refractivity contribution < 1.29 is 9.90 Å². The van der Waals surface area contributed by atoms with Crippen molar-refractivity contribution in [1.29, 1.82) is 0 Å². The minimum absolute atomic E-state index is 0.374. The lowest BCUT2D eigenvalue weighted by atomic mass is 10.1. The topological polar surface area (TPSA) is 45.5 Å². The van der Waals surface area contributed by atoms with Gasteiger partial charge in [0.1, 0.15) is 0 Å². The van der Waals surface area contributed by atoms with E-state index in [0.717, 1.165) is 30.4 Å². The normalized spacial score (nSPS) is 15.9. The minimum atomic E-state index is -0.855. The molecule has 2 aromatic rings. The van der Waals surface area contributed by atoms with Crippen molar-refractivity contribution in [3.8, 4) is 0 Å². The van der Waals surface area contributed by atoms with Crippen LogP contribution in [0.2, 0.25) is 0 Å². The number of aryl methyl sites for hydroxylation is 1. The van der Waals surface area contributed by atoms with E-state index in [-0.39, 0.29) is 0 Å². The van der Waals surface area contributed by atoms with Gasteiger partial charge >= 0.3 is 5.97 Å². The zero-order chi connectivity index (χ0) is 14.8. The summed E-state index contributed by atoms with van der Waals surface area (Å²) < 4.78 is 2.21. The number of benzene rings is 1. The zero-order valence-corrected chi connectivity index (χ0v) is 12.5. The molecule has 112 valence electrons. The quantitative estimate of drug-likeness (QED) is 0.919. The SMILES string of the molecule is CCn1cc(CCN2CCCC2)c2cc(C(=O)O)ccc21. The van der Waals surface area contributed by atoms with Crippen molar-refractivity contribution in [2.75, 3.05) is 19.6 Å². The van der Waals surface area contributed by atoms with Crippen LogP contribution in [0.5, 0.6) is 0 Å². The van der Waals surface area contributed by atoms with Crippen LogP contribution >= 0.6 is 0 Å². The predicted molar refractivity (Wildman–Crippen MR) is 83.9 cm³/mol. The molecule has 0 amide bonds. The molecule has 0 bridgehead atoms. The first-order chi connectivity index (χ1) is 10.2. The molecule has 21 heavy (non-hydrogen) atoms. The summed E-state index contributed by atoms with van der Waals surface area (Å²) in [7, 11) is 0. The fourth-order valence-corrected chi connectivity index (χ4v) is 3.25. The smallest absolute Gasteiger partial charge is 0.335 e. The largest absolute Gasteiger partial charge is 0.478 e. The summed E-state index contributed by atoms with van der Waals surface area (Å²) in [6.45, 7) is 6.50. The van der Waals surface area contributed by atoms with E-state index in [1.165, 1.54) is 31.5 Å². The number of likely N-dealkylation sites (tertiary alicyclic amines) is 1. The average Bonchev–Trinajstić information content (AvgIpc) is 3.12. The Morgan fingerprint density at radius 3 is 2.71 bits per heavy atom. The predicted octanol–water partition coefficient (Wildman–Crippen LogP) is 3.00. The van der Waals surface area contributed by atoms with Gasteiger partial charge in [-0.15, -0.1) is 0 Å². The Morgan fingerprint density at radius 2 is 2.05 bits per heavy atom. The Hall–Kier alpha value is -1.81. The van der Waals surface area contributed by atoms with Crippen LogP contribution in [0.25, 0.3) is 10.9 Å². The second-order valence-corrected chi connectivity index (χ2v) is 5.78. The standard InChI is InChI=1S/C17H22N2O2/c1-2-19-12-14(7-10-18-8-3-4-9-18)15-11-13(17(20)21)5-6-16(15)19/h5-6,11-12H,2-4,7-10H2,1H3,(H,20,21). The van der Waals surface area contributed by atoms with E-state index < -0.39 is 5.97 Å². The molecule has 0 aliphatic carbocycles. The molecule has 0 atom stereocenters. The lowest BCUT2D eigenvalue weighted by Crippen LogP contribution is -2.21. The van der Waals surface area contributed by atoms with Gasteiger partial charge in [-0.1, -0.05) is 0 Å². The second-order valence-electron chi connectivity index (χ2n) is 5.78. The molecule has 1 N–H and O–H groups in total. The first kappa shape index (κ1) is 14.1. The molecule has 1 fully saturated rings. The Balaban J connectivity index is 1.91. The number of nitrogens with zero attached hydrogens (tertiary/aromatic N) is 2. The number of fused-ring (bicyclic) bond motifs is 1. The molecule has 1 aliphatic rings. The molecule has 0 unspecified atom stereocenters. The lowest BCUT2D eigenvalue weighted by Gasteiger charge is -2.13. The maximum absolute atomic E-state index is 11.2. The summed E-state index contributed by atoms with van der Waals surface area (Å²) in [6, 6.07) is 5.45. The Labute approximate surface area is 125 Å². The zero-order valence-electron chi connectivity index (χ0n) is 12.5. The van der Waals surface area contributed by atoms with Crippen LogP contribution in [-0.4, -0.2) is 40.2 Å². The summed E-state index contributed by atoms with van der Waals surface area (Å²) >= 11 is 0. The summed E-state index contributed by atoms with van der Waals surface area (Å²) in [5, 5.41) is 10.3. The van der Waals surface area contributed by atoms with E-state index >= 15 is 0 Å². The molecule has 0 saturated carbocycles. The maximum atomic E-state index is 11.2. The lowest BCUT2D eigenvalue weighted by molar-refractivity contribution is 0.0697. The first-order valence-corrected chi connectivity index (χ1v) is 7.76. The van der Waals surface area contributed by atoms with E-state index in [4.69, 9.17) is 0 Å². The number of carboxylic acids is 1. The number of hydrogen-bond acceptors (Lipinski definition) is 2. The van der Waals surface area contributed by atoms with Crippen LogP contribution in [0.15, 0.2) is 24.4 Å². The van der Waals surface area contributed by atoms with Crippen LogP contribution in [-0.2, 0) is 13.0 Å². The van der Waals surface area contributed by atoms with Gasteiger partial charge in [0.2, 0.25) is 0 Å². The van der Waals surface area contributed by atoms with Gasteiger partial charge in [0.25, 0.3) is 0 Å². The molecule has 1 aliphatic heterocycles. The second kappa shape index (κ2) is 5.90. The third-order valence-electron chi connectivity index (χ3n) is 4.45. The molecule has 0 spiro atoms. The number of hydrogen-bond donors (Lipinski definition) is 1. The number of aromatic nitrogens is 1. The highest BCUT2D eigenvalue weighted by Crippen LogP contribution is 2.24. The van der Waals surface area contributed by atoms with Crippen molar-refractivity contribution in [3.63, 3.8) is 0 Å². The van der Waals surface area contributed by atoms with E-state index in [1.54, 1.807) is 6.07 Å². The third-order valence-corrected chi connectivity index (χ3v) is 4.45. The van der Waals surface area contributed by atoms with Crippen molar-refractivity contribution >= 4 is 16.9 Å². The third kappa shape index (κ3) is 2.81. The summed E-state index contributed by atoms with van der Waals surface area (Å²) in [4.78, 5) is 13.7. The van der Waals surface area contributed by atoms with Gasteiger partial charge in [-0.2, -0.15) is 0 Å². The van der Waals surface area contributed by atoms with Gasteiger partial charge in [0.05, 0.1) is 5.56 Å². The maximum Gasteiger partial charge on any atom is 0.335 e. The molecule has 4 nitrogen and oxygen atoms in total. The highest BCUT2D eigenvalue weighted by molar-refractivity contribution is 5.95. The van der Waals surface area contributed by atoms with E-state index in [0.29, 0.717) is 5.56 Å². The van der Waals surface area contributed by atoms with Crippen molar-refractivity contribution in [1.82, 2.24) is 9.47 Å². The van der Waals surface area contributed by atoms with Crippen molar-refractivity contribution in [3.05, 3.63) is 35.5 Å². The number of carboxylic acid groups (broad SMARTS) is 1. The highest BCUT2D eigenvalue weighted by atomic mass is 16.4. The van der Waals surface area contributed by atoms with Crippen molar-refractivity contribution in [2.45, 2.75) is 32.7 Å². The number of carbonyl (C=O) groups is 1. The fraction of sp³-hybridized carbons (Fsp3) is 0.471. The average molecular weight is 286 g/mol. The van der Waals surface area contributed by atoms with E-state index in [1.807, 2.05) is 12.1 Å².